The minimum atomic E-state index is 0.0722. The SMILES string of the molecule is c1cc(CN2CCN(c3ccc4ncnc(OC5CCOC5)c4c3)CC2)cnn1. The summed E-state index contributed by atoms with van der Waals surface area (Å²) in [6.07, 6.45) is 6.13. The van der Waals surface area contributed by atoms with Gasteiger partial charge in [0, 0.05) is 51.0 Å². The first kappa shape index (κ1) is 18.2. The fourth-order valence-electron chi connectivity index (χ4n) is 3.91. The molecule has 0 N–H and O–H groups in total. The minimum absolute atomic E-state index is 0.0722. The van der Waals surface area contributed by atoms with E-state index in [4.69, 9.17) is 9.47 Å². The zero-order chi connectivity index (χ0) is 19.5. The molecule has 0 spiro atoms. The average molecular weight is 392 g/mol. The smallest absolute Gasteiger partial charge is 0.224 e. The molecule has 2 fully saturated rings. The van der Waals surface area contributed by atoms with E-state index in [1.165, 1.54) is 11.3 Å². The molecule has 3 aromatic rings. The lowest BCUT2D eigenvalue weighted by atomic mass is 10.1. The maximum atomic E-state index is 6.10. The predicted octanol–water partition coefficient (Wildman–Crippen LogP) is 1.91. The van der Waals surface area contributed by atoms with Crippen LogP contribution in [0.5, 0.6) is 5.88 Å². The highest BCUT2D eigenvalue weighted by Gasteiger charge is 2.21. The molecule has 0 aliphatic carbocycles. The molecule has 0 saturated carbocycles. The summed E-state index contributed by atoms with van der Waals surface area (Å²) in [6.45, 7) is 6.26. The van der Waals surface area contributed by atoms with Gasteiger partial charge in [0.15, 0.2) is 0 Å². The number of hydrogen-bond acceptors (Lipinski definition) is 8. The van der Waals surface area contributed by atoms with Gasteiger partial charge in [0.2, 0.25) is 5.88 Å². The van der Waals surface area contributed by atoms with Crippen molar-refractivity contribution in [1.82, 2.24) is 25.1 Å². The third-order valence-electron chi connectivity index (χ3n) is 5.54. The molecule has 1 atom stereocenters. The zero-order valence-electron chi connectivity index (χ0n) is 16.3. The van der Waals surface area contributed by atoms with Gasteiger partial charge in [0.25, 0.3) is 0 Å². The lowest BCUT2D eigenvalue weighted by Gasteiger charge is -2.36. The van der Waals surface area contributed by atoms with Crippen molar-refractivity contribution in [2.75, 3.05) is 44.3 Å². The first-order valence-electron chi connectivity index (χ1n) is 10.1. The lowest BCUT2D eigenvalue weighted by Crippen LogP contribution is -2.46. The molecule has 2 saturated heterocycles. The molecule has 1 unspecified atom stereocenters. The number of aromatic nitrogens is 4. The van der Waals surface area contributed by atoms with Gasteiger partial charge in [-0.15, -0.1) is 0 Å². The molecule has 4 heterocycles. The highest BCUT2D eigenvalue weighted by molar-refractivity contribution is 5.86. The van der Waals surface area contributed by atoms with Crippen molar-refractivity contribution in [3.63, 3.8) is 0 Å². The van der Waals surface area contributed by atoms with Gasteiger partial charge in [-0.1, -0.05) is 0 Å². The summed E-state index contributed by atoms with van der Waals surface area (Å²) in [5, 5.41) is 8.78. The van der Waals surface area contributed by atoms with Crippen LogP contribution >= 0.6 is 0 Å². The quantitative estimate of drug-likeness (QED) is 0.652. The highest BCUT2D eigenvalue weighted by Crippen LogP contribution is 2.29. The summed E-state index contributed by atoms with van der Waals surface area (Å²) >= 11 is 0. The fraction of sp³-hybridized carbons (Fsp3) is 0.429. The molecule has 2 aromatic heterocycles. The molecular formula is C21H24N6O2. The molecule has 29 heavy (non-hydrogen) atoms. The Kier molecular flexibility index (Phi) is 5.19. The van der Waals surface area contributed by atoms with Crippen LogP contribution in [0, 0.1) is 0 Å². The van der Waals surface area contributed by atoms with Crippen molar-refractivity contribution in [2.45, 2.75) is 19.1 Å². The largest absolute Gasteiger partial charge is 0.471 e. The van der Waals surface area contributed by atoms with Crippen LogP contribution in [-0.4, -0.2) is 70.6 Å². The van der Waals surface area contributed by atoms with E-state index in [0.717, 1.165) is 56.7 Å². The normalized spacial score (nSPS) is 20.3. The third-order valence-corrected chi connectivity index (χ3v) is 5.54. The number of benzene rings is 1. The molecular weight excluding hydrogens is 368 g/mol. The van der Waals surface area contributed by atoms with E-state index < -0.39 is 0 Å². The number of fused-ring (bicyclic) bond motifs is 1. The maximum Gasteiger partial charge on any atom is 0.224 e. The van der Waals surface area contributed by atoms with E-state index in [1.54, 1.807) is 12.5 Å². The maximum absolute atomic E-state index is 6.10. The van der Waals surface area contributed by atoms with Crippen molar-refractivity contribution < 1.29 is 9.47 Å². The molecule has 5 rings (SSSR count). The summed E-state index contributed by atoms with van der Waals surface area (Å²) in [5.41, 5.74) is 3.29. The van der Waals surface area contributed by atoms with E-state index in [0.29, 0.717) is 12.5 Å². The first-order valence-corrected chi connectivity index (χ1v) is 10.1. The van der Waals surface area contributed by atoms with E-state index >= 15 is 0 Å². The van der Waals surface area contributed by atoms with Gasteiger partial charge in [0.1, 0.15) is 12.4 Å². The van der Waals surface area contributed by atoms with Crippen LogP contribution in [0.3, 0.4) is 0 Å². The van der Waals surface area contributed by atoms with Crippen LogP contribution in [0.2, 0.25) is 0 Å². The summed E-state index contributed by atoms with van der Waals surface area (Å²) in [4.78, 5) is 13.7. The molecule has 0 amide bonds. The van der Waals surface area contributed by atoms with Crippen LogP contribution in [0.4, 0.5) is 5.69 Å². The van der Waals surface area contributed by atoms with Gasteiger partial charge in [-0.2, -0.15) is 10.2 Å². The van der Waals surface area contributed by atoms with Gasteiger partial charge in [-0.25, -0.2) is 9.97 Å². The number of ether oxygens (including phenoxy) is 2. The molecule has 8 heteroatoms. The molecule has 1 aromatic carbocycles. The third kappa shape index (κ3) is 4.13. The van der Waals surface area contributed by atoms with E-state index in [-0.39, 0.29) is 6.10 Å². The van der Waals surface area contributed by atoms with Crippen molar-refractivity contribution in [1.29, 1.82) is 0 Å². The second-order valence-corrected chi connectivity index (χ2v) is 7.50. The lowest BCUT2D eigenvalue weighted by molar-refractivity contribution is 0.139. The Morgan fingerprint density at radius 2 is 2.00 bits per heavy atom. The number of piperazine rings is 1. The number of rotatable bonds is 5. The number of anilines is 1. The summed E-state index contributed by atoms with van der Waals surface area (Å²) in [5.74, 6) is 0.649. The Labute approximate surface area is 169 Å². The van der Waals surface area contributed by atoms with Gasteiger partial charge in [-0.3, -0.25) is 4.90 Å². The van der Waals surface area contributed by atoms with Crippen LogP contribution in [0.25, 0.3) is 10.9 Å². The van der Waals surface area contributed by atoms with Crippen LogP contribution in [0.15, 0.2) is 43.0 Å². The average Bonchev–Trinajstić information content (AvgIpc) is 3.28. The fourth-order valence-corrected chi connectivity index (χ4v) is 3.91. The molecule has 2 aliphatic heterocycles. The van der Waals surface area contributed by atoms with Crippen LogP contribution in [-0.2, 0) is 11.3 Å². The van der Waals surface area contributed by atoms with Gasteiger partial charge < -0.3 is 14.4 Å². The second-order valence-electron chi connectivity index (χ2n) is 7.50. The topological polar surface area (TPSA) is 76.5 Å². The standard InChI is InChI=1S/C21H24N6O2/c1-2-20-19(21(23-15-22-20)29-18-4-10-28-14-18)11-17(1)27-8-6-26(7-9-27)13-16-3-5-24-25-12-16/h1-3,5,11-12,15,18H,4,6-10,13-14H2. The first-order chi connectivity index (χ1) is 14.3. The van der Waals surface area contributed by atoms with E-state index in [9.17, 15) is 0 Å². The van der Waals surface area contributed by atoms with Gasteiger partial charge in [0.05, 0.1) is 30.3 Å². The molecule has 150 valence electrons. The van der Waals surface area contributed by atoms with Gasteiger partial charge >= 0.3 is 0 Å². The highest BCUT2D eigenvalue weighted by atomic mass is 16.5. The summed E-state index contributed by atoms with van der Waals surface area (Å²) < 4.78 is 11.5. The van der Waals surface area contributed by atoms with Crippen molar-refractivity contribution in [3.8, 4) is 5.88 Å². The Morgan fingerprint density at radius 1 is 1.07 bits per heavy atom. The summed E-state index contributed by atoms with van der Waals surface area (Å²) in [7, 11) is 0. The predicted molar refractivity (Wildman–Crippen MR) is 109 cm³/mol. The molecule has 2 aliphatic rings. The molecule has 8 nitrogen and oxygen atoms in total. The van der Waals surface area contributed by atoms with Crippen molar-refractivity contribution in [2.24, 2.45) is 0 Å². The second kappa shape index (κ2) is 8.26. The number of nitrogens with zero attached hydrogens (tertiary/aromatic N) is 6. The number of hydrogen-bond donors (Lipinski definition) is 0. The van der Waals surface area contributed by atoms with Crippen LogP contribution < -0.4 is 9.64 Å². The van der Waals surface area contributed by atoms with E-state index in [1.807, 2.05) is 12.3 Å². The van der Waals surface area contributed by atoms with Gasteiger partial charge in [-0.05, 0) is 29.8 Å². The minimum Gasteiger partial charge on any atom is -0.471 e. The van der Waals surface area contributed by atoms with Crippen molar-refractivity contribution in [3.05, 3.63) is 48.5 Å². The Morgan fingerprint density at radius 3 is 2.79 bits per heavy atom. The molecule has 0 bridgehead atoms. The summed E-state index contributed by atoms with van der Waals surface area (Å²) in [6, 6.07) is 8.38. The van der Waals surface area contributed by atoms with E-state index in [2.05, 4.69) is 48.2 Å². The monoisotopic (exact) mass is 392 g/mol. The van der Waals surface area contributed by atoms with Crippen molar-refractivity contribution >= 4 is 16.6 Å². The zero-order valence-corrected chi connectivity index (χ0v) is 16.3. The Hall–Kier alpha value is -2.84. The Bertz CT molecular complexity index is 956. The molecule has 0 radical (unpaired) electrons. The Balaban J connectivity index is 1.29. The van der Waals surface area contributed by atoms with Crippen LogP contribution in [0.1, 0.15) is 12.0 Å².